The van der Waals surface area contributed by atoms with Gasteiger partial charge in [-0.2, -0.15) is 0 Å². The third-order valence-electron chi connectivity index (χ3n) is 1.66. The zero-order valence-electron chi connectivity index (χ0n) is 9.20. The van der Waals surface area contributed by atoms with Crippen LogP contribution in [0, 0.1) is 5.92 Å². The summed E-state index contributed by atoms with van der Waals surface area (Å²) in [6, 6.07) is 2.88. The van der Waals surface area contributed by atoms with Crippen LogP contribution in [0.4, 0.5) is 10.6 Å². The summed E-state index contributed by atoms with van der Waals surface area (Å²) in [6.45, 7) is 4.04. The summed E-state index contributed by atoms with van der Waals surface area (Å²) < 4.78 is 0. The average molecular weight is 240 g/mol. The number of aromatic nitrogens is 1. The van der Waals surface area contributed by atoms with Crippen LogP contribution in [0.25, 0.3) is 0 Å². The molecule has 1 heterocycles. The highest BCUT2D eigenvalue weighted by Gasteiger charge is 2.00. The lowest BCUT2D eigenvalue weighted by Gasteiger charge is -2.03. The molecular weight excluding hydrogens is 226 g/mol. The second-order valence-electron chi connectivity index (χ2n) is 3.56. The van der Waals surface area contributed by atoms with E-state index >= 15 is 0 Å². The highest BCUT2D eigenvalue weighted by atomic mass is 35.5. The van der Waals surface area contributed by atoms with Gasteiger partial charge in [-0.1, -0.05) is 31.5 Å². The first-order valence-electron chi connectivity index (χ1n) is 4.93. The largest absolute Gasteiger partial charge is 0.324 e. The number of allylic oxidation sites excluding steroid dienone is 1. The van der Waals surface area contributed by atoms with Crippen LogP contribution in [0.3, 0.4) is 0 Å². The van der Waals surface area contributed by atoms with Gasteiger partial charge in [0.25, 0.3) is 0 Å². The first-order valence-corrected chi connectivity index (χ1v) is 5.31. The molecule has 2 amide bonds. The van der Waals surface area contributed by atoms with Gasteiger partial charge in [0.2, 0.25) is 0 Å². The molecule has 0 aliphatic heterocycles. The molecule has 0 bridgehead atoms. The van der Waals surface area contributed by atoms with E-state index in [9.17, 15) is 4.79 Å². The average Bonchev–Trinajstić information content (AvgIpc) is 2.16. The number of carbonyl (C=O) groups excluding carboxylic acids is 1. The molecule has 1 aromatic rings. The van der Waals surface area contributed by atoms with Crippen molar-refractivity contribution >= 4 is 23.4 Å². The van der Waals surface area contributed by atoms with Gasteiger partial charge in [0.1, 0.15) is 5.82 Å². The molecule has 0 aromatic carbocycles. The van der Waals surface area contributed by atoms with Gasteiger partial charge in [-0.05, 0) is 18.1 Å². The molecule has 0 spiro atoms. The van der Waals surface area contributed by atoms with E-state index < -0.39 is 0 Å². The maximum atomic E-state index is 11.3. The first-order chi connectivity index (χ1) is 7.58. The molecule has 2 N–H and O–H groups in total. The molecule has 0 aliphatic carbocycles. The highest BCUT2D eigenvalue weighted by molar-refractivity contribution is 6.30. The number of urea groups is 1. The smallest absolute Gasteiger partial charge is 0.315 e. The van der Waals surface area contributed by atoms with Crippen LogP contribution in [-0.4, -0.2) is 11.0 Å². The van der Waals surface area contributed by atoms with Gasteiger partial charge in [-0.15, -0.1) is 0 Å². The molecule has 0 aliphatic rings. The van der Waals surface area contributed by atoms with E-state index in [0.29, 0.717) is 16.8 Å². The minimum Gasteiger partial charge on any atom is -0.315 e. The van der Waals surface area contributed by atoms with Crippen LogP contribution >= 0.6 is 11.6 Å². The second kappa shape index (κ2) is 6.12. The molecule has 0 saturated carbocycles. The van der Waals surface area contributed by atoms with Crippen molar-refractivity contribution in [1.82, 2.24) is 10.3 Å². The van der Waals surface area contributed by atoms with Crippen LogP contribution in [0.1, 0.15) is 13.8 Å². The number of carbonyl (C=O) groups is 1. The van der Waals surface area contributed by atoms with Gasteiger partial charge in [0.05, 0.1) is 0 Å². The Morgan fingerprint density at radius 3 is 2.94 bits per heavy atom. The Bertz CT molecular complexity index is 391. The zero-order valence-corrected chi connectivity index (χ0v) is 9.95. The SMILES string of the molecule is CC(C)/C=C/NC(=O)Nc1cc(Cl)ccn1. The van der Waals surface area contributed by atoms with Crippen LogP contribution in [-0.2, 0) is 0 Å². The number of anilines is 1. The third kappa shape index (κ3) is 4.79. The van der Waals surface area contributed by atoms with Gasteiger partial charge in [-0.3, -0.25) is 5.32 Å². The van der Waals surface area contributed by atoms with Crippen molar-refractivity contribution < 1.29 is 4.79 Å². The molecule has 5 heteroatoms. The number of pyridine rings is 1. The predicted octanol–water partition coefficient (Wildman–Crippen LogP) is 3.03. The second-order valence-corrected chi connectivity index (χ2v) is 4.00. The van der Waals surface area contributed by atoms with Gasteiger partial charge in [0.15, 0.2) is 0 Å². The van der Waals surface area contributed by atoms with Crippen molar-refractivity contribution in [3.63, 3.8) is 0 Å². The molecule has 0 atom stereocenters. The Morgan fingerprint density at radius 2 is 2.31 bits per heavy atom. The van der Waals surface area contributed by atoms with Crippen molar-refractivity contribution in [2.75, 3.05) is 5.32 Å². The highest BCUT2D eigenvalue weighted by Crippen LogP contribution is 2.11. The van der Waals surface area contributed by atoms with E-state index in [0.717, 1.165) is 0 Å². The van der Waals surface area contributed by atoms with Crippen molar-refractivity contribution in [1.29, 1.82) is 0 Å². The number of hydrogen-bond acceptors (Lipinski definition) is 2. The lowest BCUT2D eigenvalue weighted by molar-refractivity contribution is 0.255. The summed E-state index contributed by atoms with van der Waals surface area (Å²) >= 11 is 5.75. The monoisotopic (exact) mass is 239 g/mol. The lowest BCUT2D eigenvalue weighted by atomic mass is 10.2. The van der Waals surface area contributed by atoms with E-state index in [2.05, 4.69) is 15.6 Å². The van der Waals surface area contributed by atoms with Crippen molar-refractivity contribution in [3.05, 3.63) is 35.6 Å². The van der Waals surface area contributed by atoms with Gasteiger partial charge in [0, 0.05) is 17.4 Å². The summed E-state index contributed by atoms with van der Waals surface area (Å²) in [5, 5.41) is 5.66. The lowest BCUT2D eigenvalue weighted by Crippen LogP contribution is -2.24. The fourth-order valence-corrected chi connectivity index (χ4v) is 1.10. The number of hydrogen-bond donors (Lipinski definition) is 2. The Labute approximate surface area is 99.7 Å². The number of nitrogens with one attached hydrogen (secondary N) is 2. The molecule has 0 unspecified atom stereocenters. The van der Waals surface area contributed by atoms with E-state index in [-0.39, 0.29) is 6.03 Å². The van der Waals surface area contributed by atoms with Crippen molar-refractivity contribution in [2.45, 2.75) is 13.8 Å². The predicted molar refractivity (Wildman–Crippen MR) is 65.4 cm³/mol. The molecule has 16 heavy (non-hydrogen) atoms. The minimum atomic E-state index is -0.341. The molecule has 1 rings (SSSR count). The molecule has 0 fully saturated rings. The molecule has 86 valence electrons. The molecule has 0 saturated heterocycles. The quantitative estimate of drug-likeness (QED) is 0.852. The van der Waals surface area contributed by atoms with Crippen molar-refractivity contribution in [2.24, 2.45) is 5.92 Å². The number of amides is 2. The Kier molecular flexibility index (Phi) is 4.79. The van der Waals surface area contributed by atoms with Gasteiger partial charge in [-0.25, -0.2) is 9.78 Å². The van der Waals surface area contributed by atoms with Crippen LogP contribution in [0.5, 0.6) is 0 Å². The number of rotatable bonds is 3. The molecule has 4 nitrogen and oxygen atoms in total. The molecule has 1 aromatic heterocycles. The first kappa shape index (κ1) is 12.5. The maximum Gasteiger partial charge on any atom is 0.324 e. The zero-order chi connectivity index (χ0) is 12.0. The van der Waals surface area contributed by atoms with Crippen LogP contribution in [0.15, 0.2) is 30.6 Å². The van der Waals surface area contributed by atoms with Crippen LogP contribution in [0.2, 0.25) is 5.02 Å². The van der Waals surface area contributed by atoms with E-state index in [1.165, 1.54) is 6.20 Å². The molecular formula is C11H14ClN3O. The molecule has 0 radical (unpaired) electrons. The van der Waals surface area contributed by atoms with Crippen molar-refractivity contribution in [3.8, 4) is 0 Å². The Morgan fingerprint density at radius 1 is 1.56 bits per heavy atom. The van der Waals surface area contributed by atoms with E-state index in [4.69, 9.17) is 11.6 Å². The standard InChI is InChI=1S/C11H14ClN3O/c1-8(2)3-5-14-11(16)15-10-7-9(12)4-6-13-10/h3-8H,1-2H3,(H2,13,14,15,16)/b5-3+. The summed E-state index contributed by atoms with van der Waals surface area (Å²) in [5.41, 5.74) is 0. The normalized spacial score (nSPS) is 10.8. The fraction of sp³-hybridized carbons (Fsp3) is 0.273. The topological polar surface area (TPSA) is 54.0 Å². The van der Waals surface area contributed by atoms with E-state index in [1.807, 2.05) is 19.9 Å². The summed E-state index contributed by atoms with van der Waals surface area (Å²) in [4.78, 5) is 15.3. The number of nitrogens with zero attached hydrogens (tertiary/aromatic N) is 1. The van der Waals surface area contributed by atoms with E-state index in [1.54, 1.807) is 18.3 Å². The fourth-order valence-electron chi connectivity index (χ4n) is 0.942. The van der Waals surface area contributed by atoms with Gasteiger partial charge >= 0.3 is 6.03 Å². The number of halogens is 1. The minimum absolute atomic E-state index is 0.341. The van der Waals surface area contributed by atoms with Crippen LogP contribution < -0.4 is 10.6 Å². The Balaban J connectivity index is 2.46. The Hall–Kier alpha value is -1.55. The van der Waals surface area contributed by atoms with Gasteiger partial charge < -0.3 is 5.32 Å². The third-order valence-corrected chi connectivity index (χ3v) is 1.89. The summed E-state index contributed by atoms with van der Waals surface area (Å²) in [6.07, 6.45) is 5.01. The maximum absolute atomic E-state index is 11.3. The summed E-state index contributed by atoms with van der Waals surface area (Å²) in [7, 11) is 0. The summed E-state index contributed by atoms with van der Waals surface area (Å²) in [5.74, 6) is 0.813.